The lowest BCUT2D eigenvalue weighted by Gasteiger charge is -2.16. The second kappa shape index (κ2) is 6.75. The van der Waals surface area contributed by atoms with E-state index in [1.165, 1.54) is 0 Å². The summed E-state index contributed by atoms with van der Waals surface area (Å²) < 4.78 is 10.8. The fourth-order valence-electron chi connectivity index (χ4n) is 1.78. The van der Waals surface area contributed by atoms with Crippen LogP contribution < -0.4 is 9.47 Å². The third-order valence-corrected chi connectivity index (χ3v) is 2.87. The Morgan fingerprint density at radius 3 is 2.74 bits per heavy atom. The molecule has 1 aromatic carbocycles. The average molecular weight is 259 g/mol. The van der Waals surface area contributed by atoms with Crippen LogP contribution >= 0.6 is 0 Å². The van der Waals surface area contributed by atoms with E-state index in [0.29, 0.717) is 12.4 Å². The number of aliphatic hydroxyl groups is 1. The molecule has 0 spiro atoms. The zero-order valence-corrected chi connectivity index (χ0v) is 10.8. The van der Waals surface area contributed by atoms with Crippen LogP contribution in [-0.2, 0) is 0 Å². The van der Waals surface area contributed by atoms with Crippen molar-refractivity contribution in [1.82, 2.24) is 4.98 Å². The van der Waals surface area contributed by atoms with E-state index in [0.717, 1.165) is 11.3 Å². The molecule has 19 heavy (non-hydrogen) atoms. The highest BCUT2D eigenvalue weighted by molar-refractivity contribution is 5.31. The molecular weight excluding hydrogens is 242 g/mol. The molecule has 2 aromatic rings. The van der Waals surface area contributed by atoms with Crippen LogP contribution in [-0.4, -0.2) is 30.4 Å². The third-order valence-electron chi connectivity index (χ3n) is 2.87. The van der Waals surface area contributed by atoms with E-state index < -0.39 is 0 Å². The minimum absolute atomic E-state index is 0.0213. The van der Waals surface area contributed by atoms with Crippen LogP contribution in [0.15, 0.2) is 48.8 Å². The molecule has 1 unspecified atom stereocenters. The number of pyridine rings is 1. The molecular formula is C15H17NO3. The van der Waals surface area contributed by atoms with E-state index in [1.807, 2.05) is 36.4 Å². The third kappa shape index (κ3) is 3.69. The largest absolute Gasteiger partial charge is 0.497 e. The summed E-state index contributed by atoms with van der Waals surface area (Å²) in [7, 11) is 1.62. The standard InChI is InChI=1S/C15H17NO3/c1-18-14-5-2-4-12(8-14)13(10-17)11-19-15-6-3-7-16-9-15/h2-9,13,17H,10-11H2,1H3. The highest BCUT2D eigenvalue weighted by Crippen LogP contribution is 2.21. The number of benzene rings is 1. The molecule has 2 rings (SSSR count). The molecule has 1 heterocycles. The van der Waals surface area contributed by atoms with Crippen molar-refractivity contribution in [2.24, 2.45) is 0 Å². The van der Waals surface area contributed by atoms with Crippen LogP contribution in [0.1, 0.15) is 11.5 Å². The van der Waals surface area contributed by atoms with Gasteiger partial charge < -0.3 is 14.6 Å². The zero-order valence-electron chi connectivity index (χ0n) is 10.8. The fraction of sp³-hybridized carbons (Fsp3) is 0.267. The summed E-state index contributed by atoms with van der Waals surface area (Å²) in [5.74, 6) is 1.39. The fourth-order valence-corrected chi connectivity index (χ4v) is 1.78. The van der Waals surface area contributed by atoms with Gasteiger partial charge in [0, 0.05) is 12.1 Å². The Morgan fingerprint density at radius 2 is 2.05 bits per heavy atom. The molecule has 4 nitrogen and oxygen atoms in total. The molecule has 0 aliphatic rings. The summed E-state index contributed by atoms with van der Waals surface area (Å²) in [5, 5.41) is 9.48. The highest BCUT2D eigenvalue weighted by Gasteiger charge is 2.12. The molecule has 1 aromatic heterocycles. The summed E-state index contributed by atoms with van der Waals surface area (Å²) in [4.78, 5) is 3.98. The molecule has 0 radical (unpaired) electrons. The Bertz CT molecular complexity index is 502. The normalized spacial score (nSPS) is 11.9. The molecule has 0 aliphatic carbocycles. The van der Waals surface area contributed by atoms with Gasteiger partial charge in [0.15, 0.2) is 0 Å². The molecule has 100 valence electrons. The predicted octanol–water partition coefficient (Wildman–Crippen LogP) is 2.25. The number of ether oxygens (including phenoxy) is 2. The van der Waals surface area contributed by atoms with Crippen molar-refractivity contribution >= 4 is 0 Å². The Kier molecular flexibility index (Phi) is 4.75. The van der Waals surface area contributed by atoms with Gasteiger partial charge in [-0.1, -0.05) is 12.1 Å². The van der Waals surface area contributed by atoms with Gasteiger partial charge in [0.05, 0.1) is 26.5 Å². The molecule has 1 N–H and O–H groups in total. The van der Waals surface area contributed by atoms with E-state index in [4.69, 9.17) is 9.47 Å². The second-order valence-electron chi connectivity index (χ2n) is 4.16. The average Bonchev–Trinajstić information content (AvgIpc) is 2.49. The van der Waals surface area contributed by atoms with Crippen molar-refractivity contribution in [3.63, 3.8) is 0 Å². The van der Waals surface area contributed by atoms with Crippen LogP contribution in [0.5, 0.6) is 11.5 Å². The lowest BCUT2D eigenvalue weighted by molar-refractivity contribution is 0.204. The van der Waals surface area contributed by atoms with Crippen molar-refractivity contribution in [3.8, 4) is 11.5 Å². The first-order valence-corrected chi connectivity index (χ1v) is 6.11. The van der Waals surface area contributed by atoms with Gasteiger partial charge in [-0.15, -0.1) is 0 Å². The first-order chi connectivity index (χ1) is 9.33. The minimum Gasteiger partial charge on any atom is -0.497 e. The van der Waals surface area contributed by atoms with Crippen LogP contribution in [0.25, 0.3) is 0 Å². The summed E-state index contributed by atoms with van der Waals surface area (Å²) in [5.41, 5.74) is 0.991. The molecule has 4 heteroatoms. The van der Waals surface area contributed by atoms with Crippen molar-refractivity contribution in [2.45, 2.75) is 5.92 Å². The maximum atomic E-state index is 9.48. The molecule has 0 aliphatic heterocycles. The predicted molar refractivity (Wildman–Crippen MR) is 72.6 cm³/mol. The second-order valence-corrected chi connectivity index (χ2v) is 4.16. The smallest absolute Gasteiger partial charge is 0.137 e. The SMILES string of the molecule is COc1cccc(C(CO)COc2cccnc2)c1. The summed E-state index contributed by atoms with van der Waals surface area (Å²) in [6, 6.07) is 11.3. The molecule has 1 atom stereocenters. The number of aliphatic hydroxyl groups excluding tert-OH is 1. The molecule has 0 saturated heterocycles. The number of nitrogens with zero attached hydrogens (tertiary/aromatic N) is 1. The van der Waals surface area contributed by atoms with Crippen LogP contribution in [0.3, 0.4) is 0 Å². The van der Waals surface area contributed by atoms with Gasteiger partial charge in [-0.25, -0.2) is 0 Å². The van der Waals surface area contributed by atoms with E-state index in [-0.39, 0.29) is 12.5 Å². The Balaban J connectivity index is 2.03. The first-order valence-electron chi connectivity index (χ1n) is 6.11. The Labute approximate surface area is 112 Å². The monoisotopic (exact) mass is 259 g/mol. The van der Waals surface area contributed by atoms with Crippen molar-refractivity contribution in [2.75, 3.05) is 20.3 Å². The Hall–Kier alpha value is -2.07. The van der Waals surface area contributed by atoms with E-state index in [1.54, 1.807) is 19.5 Å². The van der Waals surface area contributed by atoms with Crippen LogP contribution in [0.4, 0.5) is 0 Å². The van der Waals surface area contributed by atoms with Gasteiger partial charge in [-0.2, -0.15) is 0 Å². The Morgan fingerprint density at radius 1 is 1.21 bits per heavy atom. The number of hydrogen-bond acceptors (Lipinski definition) is 4. The van der Waals surface area contributed by atoms with Gasteiger partial charge in [0.1, 0.15) is 11.5 Å². The van der Waals surface area contributed by atoms with Crippen molar-refractivity contribution in [3.05, 3.63) is 54.4 Å². The van der Waals surface area contributed by atoms with E-state index in [2.05, 4.69) is 4.98 Å². The summed E-state index contributed by atoms with van der Waals surface area (Å²) in [6.45, 7) is 0.419. The maximum absolute atomic E-state index is 9.48. The van der Waals surface area contributed by atoms with Gasteiger partial charge in [-0.3, -0.25) is 4.98 Å². The van der Waals surface area contributed by atoms with Crippen LogP contribution in [0.2, 0.25) is 0 Å². The van der Waals surface area contributed by atoms with E-state index >= 15 is 0 Å². The molecule has 0 fully saturated rings. The number of hydrogen-bond donors (Lipinski definition) is 1. The lowest BCUT2D eigenvalue weighted by Crippen LogP contribution is -2.14. The van der Waals surface area contributed by atoms with Gasteiger partial charge in [0.2, 0.25) is 0 Å². The zero-order chi connectivity index (χ0) is 13.5. The number of rotatable bonds is 6. The van der Waals surface area contributed by atoms with Crippen LogP contribution in [0, 0.1) is 0 Å². The van der Waals surface area contributed by atoms with Crippen molar-refractivity contribution in [1.29, 1.82) is 0 Å². The van der Waals surface area contributed by atoms with Gasteiger partial charge in [-0.05, 0) is 29.8 Å². The minimum atomic E-state index is -0.0877. The van der Waals surface area contributed by atoms with Gasteiger partial charge in [0.25, 0.3) is 0 Å². The summed E-state index contributed by atoms with van der Waals surface area (Å²) in [6.07, 6.45) is 3.35. The molecule has 0 bridgehead atoms. The van der Waals surface area contributed by atoms with Crippen molar-refractivity contribution < 1.29 is 14.6 Å². The number of methoxy groups -OCH3 is 1. The maximum Gasteiger partial charge on any atom is 0.137 e. The highest BCUT2D eigenvalue weighted by atomic mass is 16.5. The number of aromatic nitrogens is 1. The first kappa shape index (κ1) is 13.4. The molecule has 0 saturated carbocycles. The molecule has 0 amide bonds. The summed E-state index contributed by atoms with van der Waals surface area (Å²) >= 11 is 0. The topological polar surface area (TPSA) is 51.6 Å². The lowest BCUT2D eigenvalue weighted by atomic mass is 10.0. The van der Waals surface area contributed by atoms with E-state index in [9.17, 15) is 5.11 Å². The van der Waals surface area contributed by atoms with Gasteiger partial charge >= 0.3 is 0 Å². The quantitative estimate of drug-likeness (QED) is 0.864.